The molecule has 1 aliphatic rings. The third-order valence-electron chi connectivity index (χ3n) is 2.48. The zero-order valence-electron chi connectivity index (χ0n) is 8.66. The molecule has 0 spiro atoms. The first-order valence-corrected chi connectivity index (χ1v) is 5.17. The summed E-state index contributed by atoms with van der Waals surface area (Å²) in [6.45, 7) is 0. The summed E-state index contributed by atoms with van der Waals surface area (Å²) in [7, 11) is 0. The molecule has 1 aromatic rings. The van der Waals surface area contributed by atoms with E-state index in [9.17, 15) is 22.8 Å². The van der Waals surface area contributed by atoms with Gasteiger partial charge in [-0.1, -0.05) is 0 Å². The predicted octanol–water partition coefficient (Wildman–Crippen LogP) is 2.99. The molecule has 0 aliphatic carbocycles. The normalized spacial score (nSPS) is 18.7. The summed E-state index contributed by atoms with van der Waals surface area (Å²) < 4.78 is 37.3. The van der Waals surface area contributed by atoms with E-state index >= 15 is 0 Å². The van der Waals surface area contributed by atoms with E-state index in [2.05, 4.69) is 4.99 Å². The first kappa shape index (κ1) is 12.8. The van der Waals surface area contributed by atoms with Crippen molar-refractivity contribution in [1.82, 2.24) is 0 Å². The second-order valence-electron chi connectivity index (χ2n) is 3.65. The monoisotopic (exact) mass is 275 g/mol. The number of nitrogens with zero attached hydrogens (tertiary/aromatic N) is 1. The van der Waals surface area contributed by atoms with Crippen molar-refractivity contribution in [2.75, 3.05) is 0 Å². The molecule has 0 aromatic heterocycles. The van der Waals surface area contributed by atoms with E-state index in [0.717, 1.165) is 24.4 Å². The fourth-order valence-corrected chi connectivity index (χ4v) is 1.73. The number of fused-ring (bicyclic) bond motifs is 1. The third-order valence-corrected chi connectivity index (χ3v) is 2.72. The molecule has 2 rings (SSSR count). The van der Waals surface area contributed by atoms with Gasteiger partial charge in [0.1, 0.15) is 5.92 Å². The second-order valence-corrected chi connectivity index (χ2v) is 4.03. The average molecular weight is 276 g/mol. The largest absolute Gasteiger partial charge is 0.416 e. The second kappa shape index (κ2) is 4.20. The van der Waals surface area contributed by atoms with Crippen LogP contribution in [0.3, 0.4) is 0 Å². The van der Waals surface area contributed by atoms with Gasteiger partial charge >= 0.3 is 6.18 Å². The Balaban J connectivity index is 2.48. The summed E-state index contributed by atoms with van der Waals surface area (Å²) in [5.74, 6) is -1.87. The minimum atomic E-state index is -4.51. The fraction of sp³-hybridized carbons (Fsp3) is 0.182. The number of rotatable bonds is 1. The number of hydrogen-bond acceptors (Lipinski definition) is 3. The Kier molecular flexibility index (Phi) is 2.98. The van der Waals surface area contributed by atoms with Crippen molar-refractivity contribution >= 4 is 34.5 Å². The van der Waals surface area contributed by atoms with Gasteiger partial charge in [0, 0.05) is 11.8 Å². The average Bonchev–Trinajstić information content (AvgIpc) is 2.27. The van der Waals surface area contributed by atoms with Crippen molar-refractivity contribution in [3.8, 4) is 0 Å². The molecule has 0 saturated carbocycles. The lowest BCUT2D eigenvalue weighted by atomic mass is 9.94. The number of alkyl halides is 3. The summed E-state index contributed by atoms with van der Waals surface area (Å²) >= 11 is 5.19. The van der Waals surface area contributed by atoms with Gasteiger partial charge in [-0.2, -0.15) is 13.2 Å². The van der Waals surface area contributed by atoms with Crippen molar-refractivity contribution < 1.29 is 22.8 Å². The van der Waals surface area contributed by atoms with Crippen LogP contribution < -0.4 is 0 Å². The molecule has 3 nitrogen and oxygen atoms in total. The molecule has 1 aliphatic heterocycles. The highest BCUT2D eigenvalue weighted by molar-refractivity contribution is 6.67. The molecule has 94 valence electrons. The van der Waals surface area contributed by atoms with Crippen LogP contribution in [0.1, 0.15) is 15.9 Å². The fourth-order valence-electron chi connectivity index (χ4n) is 1.57. The number of halogens is 4. The lowest BCUT2D eigenvalue weighted by molar-refractivity contribution is -0.137. The Hall–Kier alpha value is -1.69. The number of carbonyl (C=O) groups is 2. The molecule has 1 aromatic carbocycles. The van der Waals surface area contributed by atoms with Gasteiger partial charge in [0.25, 0.3) is 0 Å². The molecule has 1 heterocycles. The van der Waals surface area contributed by atoms with Crippen LogP contribution in [-0.2, 0) is 11.0 Å². The molecule has 0 fully saturated rings. The van der Waals surface area contributed by atoms with Crippen LogP contribution >= 0.6 is 11.6 Å². The van der Waals surface area contributed by atoms with E-state index in [1.165, 1.54) is 0 Å². The molecule has 0 bridgehead atoms. The third kappa shape index (κ3) is 2.15. The predicted molar refractivity (Wildman–Crippen MR) is 58.3 cm³/mol. The smallest absolute Gasteiger partial charge is 0.293 e. The van der Waals surface area contributed by atoms with E-state index in [4.69, 9.17) is 11.6 Å². The molecule has 7 heteroatoms. The number of aliphatic imine (C=N–C) groups is 1. The van der Waals surface area contributed by atoms with E-state index < -0.39 is 28.7 Å². The molecule has 0 radical (unpaired) electrons. The highest BCUT2D eigenvalue weighted by Crippen LogP contribution is 2.35. The molecule has 0 saturated heterocycles. The maximum Gasteiger partial charge on any atom is 0.416 e. The zero-order valence-corrected chi connectivity index (χ0v) is 9.42. The molecule has 18 heavy (non-hydrogen) atoms. The van der Waals surface area contributed by atoms with E-state index in [1.54, 1.807) is 0 Å². The zero-order chi connectivity index (χ0) is 13.5. The van der Waals surface area contributed by atoms with Crippen molar-refractivity contribution in [2.24, 2.45) is 10.9 Å². The van der Waals surface area contributed by atoms with Crippen molar-refractivity contribution in [3.05, 3.63) is 29.3 Å². The number of benzene rings is 1. The summed E-state index contributed by atoms with van der Waals surface area (Å²) in [5.41, 5.74) is -1.05. The van der Waals surface area contributed by atoms with Gasteiger partial charge in [-0.05, 0) is 29.8 Å². The van der Waals surface area contributed by atoms with Crippen LogP contribution in [-0.4, -0.2) is 17.2 Å². The Bertz CT molecular complexity index is 566. The van der Waals surface area contributed by atoms with E-state index in [1.807, 2.05) is 0 Å². The van der Waals surface area contributed by atoms with Crippen LogP contribution in [0.15, 0.2) is 23.2 Å². The molecule has 1 atom stereocenters. The van der Waals surface area contributed by atoms with Gasteiger partial charge < -0.3 is 0 Å². The number of hydrogen-bond donors (Lipinski definition) is 0. The van der Waals surface area contributed by atoms with Gasteiger partial charge in [-0.25, -0.2) is 0 Å². The maximum atomic E-state index is 12.4. The van der Waals surface area contributed by atoms with Crippen LogP contribution in [0, 0.1) is 5.92 Å². The Morgan fingerprint density at radius 1 is 1.33 bits per heavy atom. The quantitative estimate of drug-likeness (QED) is 0.584. The SMILES string of the molecule is O=C(Cl)C1C=Nc2cc(C(F)(F)F)ccc2C1=O. The van der Waals surface area contributed by atoms with Gasteiger partial charge in [0.05, 0.1) is 11.3 Å². The Labute approximate surface area is 104 Å². The first-order valence-electron chi connectivity index (χ1n) is 4.79. The maximum absolute atomic E-state index is 12.4. The molecule has 0 N–H and O–H groups in total. The van der Waals surface area contributed by atoms with Crippen LogP contribution in [0.25, 0.3) is 0 Å². The van der Waals surface area contributed by atoms with Crippen LogP contribution in [0.2, 0.25) is 0 Å². The molecule has 1 unspecified atom stereocenters. The topological polar surface area (TPSA) is 46.5 Å². The van der Waals surface area contributed by atoms with Crippen molar-refractivity contribution in [3.63, 3.8) is 0 Å². The standard InChI is InChI=1S/C11H5ClF3NO2/c12-10(18)7-4-16-8-3-5(11(13,14)15)1-2-6(8)9(7)17/h1-4,7H. The highest BCUT2D eigenvalue weighted by atomic mass is 35.5. The molecular formula is C11H5ClF3NO2. The first-order chi connectivity index (χ1) is 8.30. The van der Waals surface area contributed by atoms with Gasteiger partial charge in [0.2, 0.25) is 5.24 Å². The molecular weight excluding hydrogens is 271 g/mol. The summed E-state index contributed by atoms with van der Waals surface area (Å²) in [5, 5.41) is -0.908. The van der Waals surface area contributed by atoms with Crippen LogP contribution in [0.4, 0.5) is 18.9 Å². The highest BCUT2D eigenvalue weighted by Gasteiger charge is 2.34. The Morgan fingerprint density at radius 3 is 2.56 bits per heavy atom. The van der Waals surface area contributed by atoms with Crippen molar-refractivity contribution in [2.45, 2.75) is 6.18 Å². The van der Waals surface area contributed by atoms with Crippen LogP contribution in [0.5, 0.6) is 0 Å². The summed E-state index contributed by atoms with van der Waals surface area (Å²) in [4.78, 5) is 26.3. The van der Waals surface area contributed by atoms with Gasteiger partial charge in [-0.3, -0.25) is 14.6 Å². The molecule has 0 amide bonds. The summed E-state index contributed by atoms with van der Waals surface area (Å²) in [6, 6.07) is 2.54. The Morgan fingerprint density at radius 2 is 2.00 bits per heavy atom. The minimum Gasteiger partial charge on any atom is -0.293 e. The number of ketones is 1. The van der Waals surface area contributed by atoms with Crippen molar-refractivity contribution in [1.29, 1.82) is 0 Å². The van der Waals surface area contributed by atoms with E-state index in [0.29, 0.717) is 0 Å². The number of Topliss-reactive ketones (excluding diaryl/α,β-unsaturated/α-hetero) is 1. The lowest BCUT2D eigenvalue weighted by Gasteiger charge is -2.16. The van der Waals surface area contributed by atoms with E-state index in [-0.39, 0.29) is 11.3 Å². The minimum absolute atomic E-state index is 0.0375. The lowest BCUT2D eigenvalue weighted by Crippen LogP contribution is -2.25. The number of carbonyl (C=O) groups excluding carboxylic acids is 2. The van der Waals surface area contributed by atoms with Gasteiger partial charge in [-0.15, -0.1) is 0 Å². The summed E-state index contributed by atoms with van der Waals surface area (Å²) in [6.07, 6.45) is -3.55. The van der Waals surface area contributed by atoms with Gasteiger partial charge in [0.15, 0.2) is 5.78 Å².